The molecule has 42 heavy (non-hydrogen) atoms. The molecule has 0 aliphatic rings. The van der Waals surface area contributed by atoms with Crippen molar-refractivity contribution in [1.29, 1.82) is 0 Å². The zero-order valence-electron chi connectivity index (χ0n) is 25.1. The summed E-state index contributed by atoms with van der Waals surface area (Å²) in [7, 11) is -1.37. The number of fused-ring (bicyclic) bond motifs is 1. The monoisotopic (exact) mass is 594 g/mol. The van der Waals surface area contributed by atoms with Crippen LogP contribution in [0.15, 0.2) is 59.1 Å². The number of carbonyl (C=O) groups excluding carboxylic acids is 1. The van der Waals surface area contributed by atoms with Crippen LogP contribution in [0.2, 0.25) is 0 Å². The minimum Gasteiger partial charge on any atom is -0.489 e. The number of ether oxygens (including phenoxy) is 2. The number of halogens is 1. The van der Waals surface area contributed by atoms with Gasteiger partial charge in [0.25, 0.3) is 0 Å². The molecule has 0 radical (unpaired) electrons. The normalized spacial score (nSPS) is 12.6. The van der Waals surface area contributed by atoms with Gasteiger partial charge in [0.2, 0.25) is 0 Å². The molecule has 4 rings (SSSR count). The average molecular weight is 595 g/mol. The van der Waals surface area contributed by atoms with Gasteiger partial charge in [0.15, 0.2) is 5.82 Å². The standard InChI is InChI=1S/C33H39FN2O5S/c1-7-39-30(37)18-23-10-8-9-11-29(23)40-20-22-15-24-17-25(14-21(2)3)41-32(24)27(16-22)26-12-13-35-28(31(26)34)19-36-42(38)33(4,5)6/h8-13,15-17,21,36H,7,14,18-20H2,1-6H3. The first-order valence-corrected chi connectivity index (χ1v) is 15.3. The highest BCUT2D eigenvalue weighted by Gasteiger charge is 2.22. The Labute approximate surface area is 249 Å². The molecular weight excluding hydrogens is 555 g/mol. The van der Waals surface area contributed by atoms with Gasteiger partial charge in [-0.1, -0.05) is 32.0 Å². The molecule has 0 saturated carbocycles. The van der Waals surface area contributed by atoms with Crippen LogP contribution in [0.3, 0.4) is 0 Å². The Morgan fingerprint density at radius 2 is 1.88 bits per heavy atom. The fraction of sp³-hybridized carbons (Fsp3) is 0.394. The molecule has 0 saturated heterocycles. The predicted octanol–water partition coefficient (Wildman–Crippen LogP) is 7.07. The highest BCUT2D eigenvalue weighted by Crippen LogP contribution is 2.35. The lowest BCUT2D eigenvalue weighted by Gasteiger charge is -2.18. The number of rotatable bonds is 12. The summed E-state index contributed by atoms with van der Waals surface area (Å²) in [5, 5.41) is 0.839. The van der Waals surface area contributed by atoms with Gasteiger partial charge in [0.1, 0.15) is 23.7 Å². The van der Waals surface area contributed by atoms with Crippen molar-refractivity contribution in [3.8, 4) is 16.9 Å². The Balaban J connectivity index is 1.70. The van der Waals surface area contributed by atoms with E-state index in [9.17, 15) is 9.00 Å². The Kier molecular flexibility index (Phi) is 10.2. The van der Waals surface area contributed by atoms with E-state index in [2.05, 4.69) is 23.6 Å². The number of hydrogen-bond donors (Lipinski definition) is 1. The smallest absolute Gasteiger partial charge is 0.310 e. The Morgan fingerprint density at radius 1 is 1.12 bits per heavy atom. The summed E-state index contributed by atoms with van der Waals surface area (Å²) < 4.78 is 48.4. The van der Waals surface area contributed by atoms with Gasteiger partial charge in [-0.15, -0.1) is 0 Å². The number of nitrogens with one attached hydrogen (secondary N) is 1. The van der Waals surface area contributed by atoms with Crippen LogP contribution in [0.4, 0.5) is 4.39 Å². The van der Waals surface area contributed by atoms with Crippen molar-refractivity contribution in [2.45, 2.75) is 72.3 Å². The van der Waals surface area contributed by atoms with E-state index in [1.165, 1.54) is 0 Å². The molecule has 0 amide bonds. The minimum atomic E-state index is -1.37. The average Bonchev–Trinajstić information content (AvgIpc) is 3.32. The molecule has 7 nitrogen and oxygen atoms in total. The number of aromatic nitrogens is 1. The van der Waals surface area contributed by atoms with Crippen molar-refractivity contribution in [2.24, 2.45) is 5.92 Å². The second kappa shape index (κ2) is 13.6. The maximum Gasteiger partial charge on any atom is 0.310 e. The molecule has 2 aromatic heterocycles. The van der Waals surface area contributed by atoms with Crippen LogP contribution in [0.25, 0.3) is 22.1 Å². The van der Waals surface area contributed by atoms with Crippen LogP contribution in [0, 0.1) is 11.7 Å². The lowest BCUT2D eigenvalue weighted by Crippen LogP contribution is -2.33. The molecule has 0 fully saturated rings. The predicted molar refractivity (Wildman–Crippen MR) is 164 cm³/mol. The molecule has 1 atom stereocenters. The van der Waals surface area contributed by atoms with E-state index in [0.29, 0.717) is 35.0 Å². The van der Waals surface area contributed by atoms with Crippen molar-refractivity contribution in [3.63, 3.8) is 0 Å². The Hall–Kier alpha value is -3.56. The third-order valence-electron chi connectivity index (χ3n) is 6.52. The number of hydrogen-bond acceptors (Lipinski definition) is 6. The third kappa shape index (κ3) is 7.83. The van der Waals surface area contributed by atoms with Gasteiger partial charge in [0.05, 0.1) is 41.0 Å². The molecule has 224 valence electrons. The maximum absolute atomic E-state index is 16.0. The number of nitrogens with zero attached hydrogens (tertiary/aromatic N) is 1. The molecule has 0 aliphatic carbocycles. The zero-order valence-corrected chi connectivity index (χ0v) is 25.9. The molecule has 1 N–H and O–H groups in total. The fourth-order valence-electron chi connectivity index (χ4n) is 4.54. The second-order valence-corrected chi connectivity index (χ2v) is 13.6. The van der Waals surface area contributed by atoms with Crippen molar-refractivity contribution in [1.82, 2.24) is 9.71 Å². The molecule has 0 aliphatic heterocycles. The molecule has 4 aromatic rings. The summed E-state index contributed by atoms with van der Waals surface area (Å²) in [5.74, 6) is 0.952. The van der Waals surface area contributed by atoms with E-state index >= 15 is 4.39 Å². The second-order valence-electron chi connectivity index (χ2n) is 11.6. The first-order chi connectivity index (χ1) is 20.0. The number of pyridine rings is 1. The van der Waals surface area contributed by atoms with Crippen LogP contribution in [0.5, 0.6) is 5.75 Å². The highest BCUT2D eigenvalue weighted by molar-refractivity contribution is 7.84. The molecule has 0 bridgehead atoms. The van der Waals surface area contributed by atoms with E-state index < -0.39 is 21.5 Å². The van der Waals surface area contributed by atoms with Crippen molar-refractivity contribution in [2.75, 3.05) is 6.61 Å². The molecular formula is C33H39FN2O5S. The lowest BCUT2D eigenvalue weighted by atomic mass is 10.00. The number of carbonyl (C=O) groups is 1. The molecule has 9 heteroatoms. The van der Waals surface area contributed by atoms with Crippen LogP contribution in [-0.4, -0.2) is 26.5 Å². The summed E-state index contributed by atoms with van der Waals surface area (Å²) >= 11 is 0. The minimum absolute atomic E-state index is 0.0174. The lowest BCUT2D eigenvalue weighted by molar-refractivity contribution is -0.142. The topological polar surface area (TPSA) is 90.7 Å². The van der Waals surface area contributed by atoms with Gasteiger partial charge in [-0.05, 0) is 69.5 Å². The summed E-state index contributed by atoms with van der Waals surface area (Å²) in [6.07, 6.45) is 2.40. The molecule has 2 aromatic carbocycles. The Bertz CT molecular complexity index is 1570. The van der Waals surface area contributed by atoms with Gasteiger partial charge in [-0.3, -0.25) is 9.78 Å². The van der Waals surface area contributed by atoms with Crippen molar-refractivity contribution >= 4 is 27.9 Å². The number of benzene rings is 2. The fourth-order valence-corrected chi connectivity index (χ4v) is 5.24. The molecule has 0 spiro atoms. The largest absolute Gasteiger partial charge is 0.489 e. The summed E-state index contributed by atoms with van der Waals surface area (Å²) in [4.78, 5) is 16.3. The summed E-state index contributed by atoms with van der Waals surface area (Å²) in [6, 6.07) is 14.8. The van der Waals surface area contributed by atoms with Gasteiger partial charge >= 0.3 is 5.97 Å². The zero-order chi connectivity index (χ0) is 30.4. The van der Waals surface area contributed by atoms with Gasteiger partial charge in [0, 0.05) is 34.7 Å². The van der Waals surface area contributed by atoms with E-state index in [1.54, 1.807) is 19.2 Å². The SMILES string of the molecule is CCOC(=O)Cc1ccccc1OCc1cc(-c2ccnc(CNS(=O)C(C)(C)C)c2F)c2oc(CC(C)C)cc2c1. The first kappa shape index (κ1) is 31.4. The van der Waals surface area contributed by atoms with Gasteiger partial charge in [-0.25, -0.2) is 13.3 Å². The van der Waals surface area contributed by atoms with Crippen LogP contribution >= 0.6 is 0 Å². The summed E-state index contributed by atoms with van der Waals surface area (Å²) in [5.41, 5.74) is 3.21. The van der Waals surface area contributed by atoms with Crippen LogP contribution in [-0.2, 0) is 46.5 Å². The van der Waals surface area contributed by atoms with E-state index in [-0.39, 0.29) is 31.2 Å². The molecule has 2 heterocycles. The molecule has 1 unspecified atom stereocenters. The van der Waals surface area contributed by atoms with E-state index in [1.807, 2.05) is 63.2 Å². The van der Waals surface area contributed by atoms with E-state index in [4.69, 9.17) is 13.9 Å². The number of esters is 1. The van der Waals surface area contributed by atoms with Crippen LogP contribution < -0.4 is 9.46 Å². The Morgan fingerprint density at radius 3 is 2.60 bits per heavy atom. The van der Waals surface area contributed by atoms with Crippen molar-refractivity contribution < 1.29 is 27.3 Å². The third-order valence-corrected chi connectivity index (χ3v) is 8.04. The van der Waals surface area contributed by atoms with Gasteiger partial charge in [-0.2, -0.15) is 0 Å². The quantitative estimate of drug-likeness (QED) is 0.177. The number of para-hydroxylation sites is 1. The highest BCUT2D eigenvalue weighted by atomic mass is 32.2. The van der Waals surface area contributed by atoms with Crippen LogP contribution in [0.1, 0.15) is 64.1 Å². The summed E-state index contributed by atoms with van der Waals surface area (Å²) in [6.45, 7) is 12.1. The van der Waals surface area contributed by atoms with E-state index in [0.717, 1.165) is 28.7 Å². The number of furan rings is 1. The first-order valence-electron chi connectivity index (χ1n) is 14.2. The van der Waals surface area contributed by atoms with Gasteiger partial charge < -0.3 is 13.9 Å². The maximum atomic E-state index is 16.0. The van der Waals surface area contributed by atoms with Crippen molar-refractivity contribution in [3.05, 3.63) is 83.1 Å².